The van der Waals surface area contributed by atoms with E-state index in [2.05, 4.69) is 25.0 Å². The number of anilines is 1. The third-order valence-electron chi connectivity index (χ3n) is 3.55. The van der Waals surface area contributed by atoms with Crippen LogP contribution < -0.4 is 5.32 Å². The predicted molar refractivity (Wildman–Crippen MR) is 106 cm³/mol. The molecule has 136 valence electrons. The number of carbonyl (C=O) groups excluding carboxylic acids is 1. The van der Waals surface area contributed by atoms with Gasteiger partial charge in [-0.05, 0) is 42.0 Å². The van der Waals surface area contributed by atoms with Gasteiger partial charge in [0, 0.05) is 4.90 Å². The molecule has 7 nitrogen and oxygen atoms in total. The Morgan fingerprint density at radius 3 is 2.93 bits per heavy atom. The minimum Gasteiger partial charge on any atom is -0.333 e. The molecule has 0 bridgehead atoms. The number of aromatic nitrogens is 4. The first-order chi connectivity index (χ1) is 13.2. The van der Waals surface area contributed by atoms with Crippen LogP contribution in [0.4, 0.5) is 5.69 Å². The molecule has 0 unspecified atom stereocenters. The van der Waals surface area contributed by atoms with Gasteiger partial charge in [-0.1, -0.05) is 27.8 Å². The summed E-state index contributed by atoms with van der Waals surface area (Å²) in [4.78, 5) is 19.2. The van der Waals surface area contributed by atoms with E-state index in [1.165, 1.54) is 11.8 Å². The van der Waals surface area contributed by atoms with Crippen LogP contribution in [0, 0.1) is 6.92 Å². The Balaban J connectivity index is 1.45. The Hall–Kier alpha value is -2.56. The average molecular weight is 416 g/mol. The number of amides is 1. The highest BCUT2D eigenvalue weighted by Gasteiger charge is 2.16. The van der Waals surface area contributed by atoms with Gasteiger partial charge in [0.15, 0.2) is 5.82 Å². The molecule has 4 rings (SSSR count). The molecule has 10 heteroatoms. The van der Waals surface area contributed by atoms with Crippen LogP contribution in [0.1, 0.15) is 21.2 Å². The molecule has 0 aliphatic heterocycles. The fraction of sp³-hybridized carbons (Fsp3) is 0.118. The second kappa shape index (κ2) is 7.99. The molecule has 0 atom stereocenters. The fourth-order valence-electron chi connectivity index (χ4n) is 2.27. The normalized spacial score (nSPS) is 10.9. The molecular formula is C17H13N5O2S3. The molecule has 3 aromatic heterocycles. The standard InChI is InChI=1S/C17H13N5O2S3/c1-10-15(27-22-20-10)16(23)18-11-5-2-3-6-12(11)26-9-14-19-17(24-21-14)13-7-4-8-25-13/h2-8H,9H2,1H3,(H,18,23). The van der Waals surface area contributed by atoms with Crippen LogP contribution in [0.3, 0.4) is 0 Å². The summed E-state index contributed by atoms with van der Waals surface area (Å²) in [5.41, 5.74) is 1.35. The van der Waals surface area contributed by atoms with Crippen molar-refractivity contribution in [3.63, 3.8) is 0 Å². The van der Waals surface area contributed by atoms with E-state index in [0.717, 1.165) is 27.0 Å². The van der Waals surface area contributed by atoms with Crippen molar-refractivity contribution < 1.29 is 9.32 Å². The average Bonchev–Trinajstić information content (AvgIpc) is 3.42. The lowest BCUT2D eigenvalue weighted by atomic mass is 10.3. The summed E-state index contributed by atoms with van der Waals surface area (Å²) in [5.74, 6) is 1.44. The molecule has 3 heterocycles. The highest BCUT2D eigenvalue weighted by Crippen LogP contribution is 2.31. The van der Waals surface area contributed by atoms with Crippen molar-refractivity contribution in [2.75, 3.05) is 5.32 Å². The van der Waals surface area contributed by atoms with Crippen LogP contribution in [0.5, 0.6) is 0 Å². The van der Waals surface area contributed by atoms with Crippen molar-refractivity contribution >= 4 is 46.2 Å². The van der Waals surface area contributed by atoms with Crippen molar-refractivity contribution in [1.82, 2.24) is 19.7 Å². The molecule has 27 heavy (non-hydrogen) atoms. The van der Waals surface area contributed by atoms with E-state index in [-0.39, 0.29) is 5.91 Å². The van der Waals surface area contributed by atoms with Crippen LogP contribution in [-0.4, -0.2) is 25.6 Å². The zero-order valence-electron chi connectivity index (χ0n) is 14.1. The molecule has 0 fully saturated rings. The second-order valence-corrected chi connectivity index (χ2v) is 8.14. The summed E-state index contributed by atoms with van der Waals surface area (Å²) in [6.07, 6.45) is 0. The Morgan fingerprint density at radius 2 is 2.15 bits per heavy atom. The lowest BCUT2D eigenvalue weighted by Crippen LogP contribution is -2.12. The second-order valence-electron chi connectivity index (χ2n) is 5.42. The number of hydrogen-bond acceptors (Lipinski definition) is 9. The zero-order valence-corrected chi connectivity index (χ0v) is 16.5. The fourth-order valence-corrected chi connectivity index (χ4v) is 4.32. The molecule has 1 aromatic carbocycles. The summed E-state index contributed by atoms with van der Waals surface area (Å²) < 4.78 is 9.11. The molecule has 4 aromatic rings. The maximum atomic E-state index is 12.4. The van der Waals surface area contributed by atoms with Crippen LogP contribution >= 0.6 is 34.6 Å². The van der Waals surface area contributed by atoms with Gasteiger partial charge in [0.2, 0.25) is 0 Å². The maximum Gasteiger partial charge on any atom is 0.269 e. The van der Waals surface area contributed by atoms with Crippen molar-refractivity contribution in [3.05, 3.63) is 58.2 Å². The Morgan fingerprint density at radius 1 is 1.26 bits per heavy atom. The van der Waals surface area contributed by atoms with E-state index < -0.39 is 0 Å². The number of para-hydroxylation sites is 1. The lowest BCUT2D eigenvalue weighted by Gasteiger charge is -2.09. The van der Waals surface area contributed by atoms with E-state index in [1.54, 1.807) is 18.3 Å². The summed E-state index contributed by atoms with van der Waals surface area (Å²) in [5, 5.41) is 12.8. The first-order valence-electron chi connectivity index (χ1n) is 7.89. The number of rotatable bonds is 6. The summed E-state index contributed by atoms with van der Waals surface area (Å²) in [6, 6.07) is 11.5. The number of nitrogens with one attached hydrogen (secondary N) is 1. The minimum atomic E-state index is -0.213. The molecule has 0 aliphatic carbocycles. The number of benzene rings is 1. The van der Waals surface area contributed by atoms with E-state index in [9.17, 15) is 4.79 Å². The van der Waals surface area contributed by atoms with Gasteiger partial charge >= 0.3 is 0 Å². The van der Waals surface area contributed by atoms with Crippen LogP contribution in [0.15, 0.2) is 51.2 Å². The summed E-state index contributed by atoms with van der Waals surface area (Å²) >= 11 is 4.17. The minimum absolute atomic E-state index is 0.213. The molecule has 0 radical (unpaired) electrons. The van der Waals surface area contributed by atoms with Crippen molar-refractivity contribution in [2.24, 2.45) is 0 Å². The van der Waals surface area contributed by atoms with E-state index in [4.69, 9.17) is 4.52 Å². The topological polar surface area (TPSA) is 93.8 Å². The van der Waals surface area contributed by atoms with Gasteiger partial charge in [-0.15, -0.1) is 28.2 Å². The molecule has 0 saturated carbocycles. The highest BCUT2D eigenvalue weighted by atomic mass is 32.2. The third kappa shape index (κ3) is 4.07. The predicted octanol–water partition coefficient (Wildman–Crippen LogP) is 4.50. The molecular weight excluding hydrogens is 402 g/mol. The molecule has 0 saturated heterocycles. The Bertz CT molecular complexity index is 1060. The first kappa shape index (κ1) is 17.8. The number of hydrogen-bond donors (Lipinski definition) is 1. The van der Waals surface area contributed by atoms with Gasteiger partial charge in [-0.2, -0.15) is 4.98 Å². The number of thioether (sulfide) groups is 1. The van der Waals surface area contributed by atoms with E-state index in [0.29, 0.717) is 28.0 Å². The smallest absolute Gasteiger partial charge is 0.269 e. The SMILES string of the molecule is Cc1nnsc1C(=O)Nc1ccccc1SCc1noc(-c2cccs2)n1. The molecule has 0 spiro atoms. The van der Waals surface area contributed by atoms with Gasteiger partial charge in [0.1, 0.15) is 4.88 Å². The van der Waals surface area contributed by atoms with Gasteiger partial charge in [-0.25, -0.2) is 0 Å². The van der Waals surface area contributed by atoms with Gasteiger partial charge in [0.25, 0.3) is 11.8 Å². The number of aryl methyl sites for hydroxylation is 1. The highest BCUT2D eigenvalue weighted by molar-refractivity contribution is 7.98. The summed E-state index contributed by atoms with van der Waals surface area (Å²) in [7, 11) is 0. The van der Waals surface area contributed by atoms with E-state index >= 15 is 0 Å². The maximum absolute atomic E-state index is 12.4. The van der Waals surface area contributed by atoms with Crippen molar-refractivity contribution in [1.29, 1.82) is 0 Å². The monoisotopic (exact) mass is 415 g/mol. The number of nitrogens with zero attached hydrogens (tertiary/aromatic N) is 4. The zero-order chi connectivity index (χ0) is 18.6. The Kier molecular flexibility index (Phi) is 5.28. The number of thiophene rings is 1. The van der Waals surface area contributed by atoms with Gasteiger partial charge < -0.3 is 9.84 Å². The third-order valence-corrected chi connectivity index (χ3v) is 6.30. The largest absolute Gasteiger partial charge is 0.333 e. The molecule has 0 aliphatic rings. The lowest BCUT2D eigenvalue weighted by molar-refractivity contribution is 0.102. The van der Waals surface area contributed by atoms with Crippen molar-refractivity contribution in [2.45, 2.75) is 17.6 Å². The number of carbonyl (C=O) groups is 1. The van der Waals surface area contributed by atoms with Crippen LogP contribution in [0.2, 0.25) is 0 Å². The van der Waals surface area contributed by atoms with E-state index in [1.807, 2.05) is 41.8 Å². The van der Waals surface area contributed by atoms with Crippen LogP contribution in [0.25, 0.3) is 10.8 Å². The quantitative estimate of drug-likeness (QED) is 0.463. The van der Waals surface area contributed by atoms with Crippen LogP contribution in [-0.2, 0) is 5.75 Å². The van der Waals surface area contributed by atoms with Gasteiger partial charge in [0.05, 0.1) is 22.0 Å². The summed E-state index contributed by atoms with van der Waals surface area (Å²) in [6.45, 7) is 1.76. The first-order valence-corrected chi connectivity index (χ1v) is 10.5. The molecule has 1 N–H and O–H groups in total. The molecule has 1 amide bonds. The Labute approximate surface area is 167 Å². The van der Waals surface area contributed by atoms with Gasteiger partial charge in [-0.3, -0.25) is 4.79 Å². The van der Waals surface area contributed by atoms with Crippen molar-refractivity contribution in [3.8, 4) is 10.8 Å².